The number of hydrogen-bond donors (Lipinski definition) is 1. The smallest absolute Gasteiger partial charge is 0.434 e. The summed E-state index contributed by atoms with van der Waals surface area (Å²) >= 11 is 0. The normalized spacial score (nSPS) is 11.1. The zero-order valence-electron chi connectivity index (χ0n) is 9.39. The Labute approximate surface area is 105 Å². The van der Waals surface area contributed by atoms with Crippen LogP contribution in [0.15, 0.2) is 36.7 Å². The second-order valence-corrected chi connectivity index (χ2v) is 3.38. The van der Waals surface area contributed by atoms with E-state index in [0.717, 1.165) is 6.07 Å². The van der Waals surface area contributed by atoms with E-state index in [4.69, 9.17) is 10.5 Å². The molecule has 19 heavy (non-hydrogen) atoms. The summed E-state index contributed by atoms with van der Waals surface area (Å²) in [5.74, 6) is -0.410. The maximum atomic E-state index is 12.2. The van der Waals surface area contributed by atoms with Gasteiger partial charge in [-0.2, -0.15) is 0 Å². The highest BCUT2D eigenvalue weighted by atomic mass is 19.4. The fourth-order valence-corrected chi connectivity index (χ4v) is 1.24. The molecule has 2 N–H and O–H groups in total. The van der Waals surface area contributed by atoms with Gasteiger partial charge in [-0.15, -0.1) is 13.2 Å². The number of aromatic nitrogens is 2. The zero-order chi connectivity index (χ0) is 13.9. The number of anilines is 1. The molecule has 1 heterocycles. The topological polar surface area (TPSA) is 70.3 Å². The van der Waals surface area contributed by atoms with Gasteiger partial charge in [0.1, 0.15) is 5.82 Å². The van der Waals surface area contributed by atoms with Gasteiger partial charge in [0.2, 0.25) is 5.88 Å². The molecule has 1 aromatic carbocycles. The van der Waals surface area contributed by atoms with E-state index in [2.05, 4.69) is 14.7 Å². The number of benzene rings is 1. The molecule has 0 saturated heterocycles. The second kappa shape index (κ2) is 5.01. The molecule has 0 aliphatic heterocycles. The SMILES string of the molecule is Nc1cnc(Oc2ccccc2OC(F)(F)F)cn1. The maximum absolute atomic E-state index is 12.2. The number of rotatable bonds is 3. The van der Waals surface area contributed by atoms with E-state index in [0.29, 0.717) is 0 Å². The first-order valence-electron chi connectivity index (χ1n) is 5.04. The van der Waals surface area contributed by atoms with Gasteiger partial charge in [-0.1, -0.05) is 12.1 Å². The number of para-hydroxylation sites is 2. The minimum Gasteiger partial charge on any atom is -0.434 e. The van der Waals surface area contributed by atoms with Crippen molar-refractivity contribution >= 4 is 5.82 Å². The third-order valence-electron chi connectivity index (χ3n) is 1.94. The van der Waals surface area contributed by atoms with Crippen molar-refractivity contribution in [1.82, 2.24) is 9.97 Å². The standard InChI is InChI=1S/C11H8F3N3O2/c12-11(13,14)19-8-4-2-1-3-7(8)18-10-6-16-9(15)5-17-10/h1-6H,(H2,15,16). The molecular weight excluding hydrogens is 263 g/mol. The van der Waals surface area contributed by atoms with Gasteiger partial charge in [0.25, 0.3) is 0 Å². The predicted octanol–water partition coefficient (Wildman–Crippen LogP) is 2.75. The molecular formula is C11H8F3N3O2. The first kappa shape index (κ1) is 12.9. The molecule has 0 fully saturated rings. The van der Waals surface area contributed by atoms with E-state index in [9.17, 15) is 13.2 Å². The van der Waals surface area contributed by atoms with Crippen LogP contribution in [-0.4, -0.2) is 16.3 Å². The molecule has 100 valence electrons. The van der Waals surface area contributed by atoms with Gasteiger partial charge in [0.05, 0.1) is 12.4 Å². The Morgan fingerprint density at radius 1 is 1.00 bits per heavy atom. The number of nitrogens with two attached hydrogens (primary N) is 1. The summed E-state index contributed by atoms with van der Waals surface area (Å²) in [4.78, 5) is 7.47. The molecule has 0 amide bonds. The largest absolute Gasteiger partial charge is 0.573 e. The number of halogens is 3. The van der Waals surface area contributed by atoms with Crippen molar-refractivity contribution in [3.63, 3.8) is 0 Å². The lowest BCUT2D eigenvalue weighted by atomic mass is 10.3. The van der Waals surface area contributed by atoms with Gasteiger partial charge in [-0.3, -0.25) is 0 Å². The van der Waals surface area contributed by atoms with Crippen LogP contribution in [0.3, 0.4) is 0 Å². The molecule has 0 saturated carbocycles. The fraction of sp³-hybridized carbons (Fsp3) is 0.0909. The second-order valence-electron chi connectivity index (χ2n) is 3.38. The van der Waals surface area contributed by atoms with Crippen LogP contribution in [0.25, 0.3) is 0 Å². The molecule has 1 aromatic heterocycles. The van der Waals surface area contributed by atoms with Crippen LogP contribution in [0.1, 0.15) is 0 Å². The Kier molecular flexibility index (Phi) is 3.41. The van der Waals surface area contributed by atoms with E-state index in [1.165, 1.54) is 30.6 Å². The molecule has 0 spiro atoms. The molecule has 2 rings (SSSR count). The third-order valence-corrected chi connectivity index (χ3v) is 1.94. The number of alkyl halides is 3. The van der Waals surface area contributed by atoms with Crippen LogP contribution in [0.4, 0.5) is 19.0 Å². The molecule has 0 unspecified atom stereocenters. The number of nitrogen functional groups attached to an aromatic ring is 1. The minimum absolute atomic E-state index is 0.00687. The number of hydrogen-bond acceptors (Lipinski definition) is 5. The van der Waals surface area contributed by atoms with Crippen LogP contribution in [-0.2, 0) is 0 Å². The van der Waals surface area contributed by atoms with E-state index < -0.39 is 12.1 Å². The molecule has 0 bridgehead atoms. The lowest BCUT2D eigenvalue weighted by Gasteiger charge is -2.12. The summed E-state index contributed by atoms with van der Waals surface area (Å²) in [6.07, 6.45) is -2.38. The molecule has 0 aliphatic carbocycles. The fourth-order valence-electron chi connectivity index (χ4n) is 1.24. The van der Waals surface area contributed by atoms with Crippen LogP contribution in [0.2, 0.25) is 0 Å². The van der Waals surface area contributed by atoms with Gasteiger partial charge in [-0.25, -0.2) is 9.97 Å². The van der Waals surface area contributed by atoms with E-state index in [1.54, 1.807) is 0 Å². The third kappa shape index (κ3) is 3.73. The van der Waals surface area contributed by atoms with Crippen molar-refractivity contribution < 1.29 is 22.6 Å². The summed E-state index contributed by atoms with van der Waals surface area (Å²) in [6.45, 7) is 0. The van der Waals surface area contributed by atoms with Crippen molar-refractivity contribution in [2.24, 2.45) is 0 Å². The van der Waals surface area contributed by atoms with Gasteiger partial charge in [-0.05, 0) is 12.1 Å². The van der Waals surface area contributed by atoms with Crippen LogP contribution in [0.5, 0.6) is 17.4 Å². The van der Waals surface area contributed by atoms with E-state index >= 15 is 0 Å². The van der Waals surface area contributed by atoms with Gasteiger partial charge in [0.15, 0.2) is 11.5 Å². The summed E-state index contributed by atoms with van der Waals surface area (Å²) < 4.78 is 45.6. The van der Waals surface area contributed by atoms with Crippen molar-refractivity contribution in [3.05, 3.63) is 36.7 Å². The van der Waals surface area contributed by atoms with E-state index in [-0.39, 0.29) is 17.4 Å². The molecule has 0 aliphatic rings. The van der Waals surface area contributed by atoms with Crippen molar-refractivity contribution in [2.75, 3.05) is 5.73 Å². The Hall–Kier alpha value is -2.51. The summed E-state index contributed by atoms with van der Waals surface area (Å²) in [5.41, 5.74) is 5.33. The summed E-state index contributed by atoms with van der Waals surface area (Å²) in [6, 6.07) is 5.35. The maximum Gasteiger partial charge on any atom is 0.573 e. The zero-order valence-corrected chi connectivity index (χ0v) is 9.39. The highest BCUT2D eigenvalue weighted by molar-refractivity contribution is 5.41. The highest BCUT2D eigenvalue weighted by Crippen LogP contribution is 2.34. The Bertz CT molecular complexity index is 558. The lowest BCUT2D eigenvalue weighted by Crippen LogP contribution is -2.17. The van der Waals surface area contributed by atoms with Crippen LogP contribution < -0.4 is 15.2 Å². The molecule has 2 aromatic rings. The van der Waals surface area contributed by atoms with E-state index in [1.807, 2.05) is 0 Å². The van der Waals surface area contributed by atoms with Gasteiger partial charge < -0.3 is 15.2 Å². The molecule has 5 nitrogen and oxygen atoms in total. The van der Waals surface area contributed by atoms with Crippen molar-refractivity contribution in [2.45, 2.75) is 6.36 Å². The summed E-state index contributed by atoms with van der Waals surface area (Å²) in [7, 11) is 0. The monoisotopic (exact) mass is 271 g/mol. The van der Waals surface area contributed by atoms with Gasteiger partial charge in [0, 0.05) is 0 Å². The lowest BCUT2D eigenvalue weighted by molar-refractivity contribution is -0.275. The first-order valence-corrected chi connectivity index (χ1v) is 5.04. The molecule has 8 heteroatoms. The van der Waals surface area contributed by atoms with Crippen LogP contribution in [0, 0.1) is 0 Å². The predicted molar refractivity (Wildman–Crippen MR) is 59.6 cm³/mol. The Morgan fingerprint density at radius 2 is 1.68 bits per heavy atom. The van der Waals surface area contributed by atoms with Crippen molar-refractivity contribution in [1.29, 1.82) is 0 Å². The molecule has 0 radical (unpaired) electrons. The minimum atomic E-state index is -4.80. The average Bonchev–Trinajstić information content (AvgIpc) is 2.33. The van der Waals surface area contributed by atoms with Gasteiger partial charge >= 0.3 is 6.36 Å². The first-order chi connectivity index (χ1) is 8.94. The summed E-state index contributed by atoms with van der Waals surface area (Å²) in [5, 5.41) is 0. The average molecular weight is 271 g/mol. The molecule has 0 atom stereocenters. The highest BCUT2D eigenvalue weighted by Gasteiger charge is 2.32. The van der Waals surface area contributed by atoms with Crippen molar-refractivity contribution in [3.8, 4) is 17.4 Å². The Balaban J connectivity index is 2.22. The quantitative estimate of drug-likeness (QED) is 0.929. The van der Waals surface area contributed by atoms with Crippen LogP contribution >= 0.6 is 0 Å². The number of ether oxygens (including phenoxy) is 2. The Morgan fingerprint density at radius 3 is 2.26 bits per heavy atom. The number of nitrogens with zero attached hydrogens (tertiary/aromatic N) is 2.